The molecular formula is C30H30ClN3O2. The zero-order valence-corrected chi connectivity index (χ0v) is 21.3. The van der Waals surface area contributed by atoms with Crippen LogP contribution in [-0.2, 0) is 23.7 Å². The molecule has 5 nitrogen and oxygen atoms in total. The van der Waals surface area contributed by atoms with E-state index in [0.29, 0.717) is 0 Å². The number of aryl methyl sites for hydroxylation is 2. The van der Waals surface area contributed by atoms with Crippen LogP contribution in [-0.4, -0.2) is 26.9 Å². The van der Waals surface area contributed by atoms with Crippen LogP contribution in [0.3, 0.4) is 0 Å². The van der Waals surface area contributed by atoms with Gasteiger partial charge in [-0.1, -0.05) is 72.3 Å². The molecule has 1 aliphatic carbocycles. The summed E-state index contributed by atoms with van der Waals surface area (Å²) in [5.74, 6) is 0.277. The highest BCUT2D eigenvalue weighted by Crippen LogP contribution is 2.48. The summed E-state index contributed by atoms with van der Waals surface area (Å²) in [7, 11) is 1.96. The van der Waals surface area contributed by atoms with Gasteiger partial charge in [0.25, 0.3) is 0 Å². The van der Waals surface area contributed by atoms with Crippen LogP contribution >= 0.6 is 11.6 Å². The van der Waals surface area contributed by atoms with Crippen LogP contribution in [0.25, 0.3) is 22.3 Å². The molecule has 1 fully saturated rings. The lowest BCUT2D eigenvalue weighted by molar-refractivity contribution is -0.140. The molecule has 3 aromatic carbocycles. The van der Waals surface area contributed by atoms with Crippen LogP contribution in [0.1, 0.15) is 37.3 Å². The van der Waals surface area contributed by atoms with E-state index in [-0.39, 0.29) is 6.04 Å². The molecular weight excluding hydrogens is 470 g/mol. The van der Waals surface area contributed by atoms with Crippen molar-refractivity contribution in [3.63, 3.8) is 0 Å². The topological polar surface area (TPSA) is 67.2 Å². The molecule has 6 heteroatoms. The summed E-state index contributed by atoms with van der Waals surface area (Å²) in [6.45, 7) is 2.19. The molecule has 36 heavy (non-hydrogen) atoms. The minimum atomic E-state index is -0.722. The highest BCUT2D eigenvalue weighted by atomic mass is 35.5. The van der Waals surface area contributed by atoms with E-state index in [4.69, 9.17) is 11.6 Å². The molecule has 1 aromatic heterocycles. The van der Waals surface area contributed by atoms with Gasteiger partial charge in [0.1, 0.15) is 5.82 Å². The lowest BCUT2D eigenvalue weighted by atomic mass is 9.93. The van der Waals surface area contributed by atoms with Crippen LogP contribution in [0.15, 0.2) is 79.0 Å². The Morgan fingerprint density at radius 3 is 2.17 bits per heavy atom. The van der Waals surface area contributed by atoms with Crippen LogP contribution in [0.2, 0.25) is 5.02 Å². The molecule has 0 saturated heterocycles. The second-order valence-electron chi connectivity index (χ2n) is 9.78. The molecule has 4 aromatic rings. The zero-order chi connectivity index (χ0) is 25.3. The third kappa shape index (κ3) is 4.89. The van der Waals surface area contributed by atoms with E-state index < -0.39 is 11.4 Å². The summed E-state index contributed by atoms with van der Waals surface area (Å²) in [4.78, 5) is 11.6. The number of hydrogen-bond acceptors (Lipinski definition) is 3. The fourth-order valence-electron chi connectivity index (χ4n) is 4.73. The summed E-state index contributed by atoms with van der Waals surface area (Å²) >= 11 is 6.00. The van der Waals surface area contributed by atoms with Crippen molar-refractivity contribution < 1.29 is 9.90 Å². The quantitative estimate of drug-likeness (QED) is 0.261. The molecule has 1 atom stereocenters. The van der Waals surface area contributed by atoms with Crippen molar-refractivity contribution in [3.05, 3.63) is 95.1 Å². The van der Waals surface area contributed by atoms with Gasteiger partial charge in [0.05, 0.1) is 11.6 Å². The van der Waals surface area contributed by atoms with Gasteiger partial charge in [-0.05, 0) is 72.6 Å². The van der Waals surface area contributed by atoms with Crippen molar-refractivity contribution in [1.82, 2.24) is 9.78 Å². The van der Waals surface area contributed by atoms with Gasteiger partial charge in [-0.3, -0.25) is 9.48 Å². The Bertz CT molecular complexity index is 1360. The molecule has 184 valence electrons. The monoisotopic (exact) mass is 499 g/mol. The molecule has 1 aliphatic rings. The molecule has 0 radical (unpaired) electrons. The predicted octanol–water partition coefficient (Wildman–Crippen LogP) is 6.96. The van der Waals surface area contributed by atoms with Crippen LogP contribution in [0.5, 0.6) is 0 Å². The maximum absolute atomic E-state index is 11.6. The van der Waals surface area contributed by atoms with Crippen molar-refractivity contribution in [2.45, 2.75) is 44.1 Å². The van der Waals surface area contributed by atoms with Crippen LogP contribution < -0.4 is 5.32 Å². The Hall–Kier alpha value is -3.57. The van der Waals surface area contributed by atoms with Crippen molar-refractivity contribution in [3.8, 4) is 22.3 Å². The Balaban J connectivity index is 1.27. The molecule has 5 rings (SSSR count). The van der Waals surface area contributed by atoms with Gasteiger partial charge in [0.2, 0.25) is 0 Å². The molecule has 1 unspecified atom stereocenters. The van der Waals surface area contributed by atoms with Gasteiger partial charge < -0.3 is 10.4 Å². The van der Waals surface area contributed by atoms with E-state index in [9.17, 15) is 9.90 Å². The highest BCUT2D eigenvalue weighted by molar-refractivity contribution is 6.30. The van der Waals surface area contributed by atoms with Crippen molar-refractivity contribution >= 4 is 23.4 Å². The number of carboxylic acid groups (broad SMARTS) is 1. The third-order valence-electron chi connectivity index (χ3n) is 7.23. The maximum Gasteiger partial charge on any atom is 0.314 e. The molecule has 2 N–H and O–H groups in total. The van der Waals surface area contributed by atoms with E-state index in [1.165, 1.54) is 5.56 Å². The molecule has 1 saturated carbocycles. The third-order valence-corrected chi connectivity index (χ3v) is 7.48. The van der Waals surface area contributed by atoms with Gasteiger partial charge in [-0.2, -0.15) is 5.10 Å². The molecule has 0 spiro atoms. The Morgan fingerprint density at radius 1 is 1.00 bits per heavy atom. The fraction of sp³-hybridized carbons (Fsp3) is 0.267. The lowest BCUT2D eigenvalue weighted by Gasteiger charge is -2.17. The first kappa shape index (κ1) is 24.1. The first-order chi connectivity index (χ1) is 17.4. The van der Waals surface area contributed by atoms with E-state index in [1.807, 2.05) is 54.3 Å². The van der Waals surface area contributed by atoms with E-state index in [1.54, 1.807) is 0 Å². The number of hydrogen-bond donors (Lipinski definition) is 2. The van der Waals surface area contributed by atoms with Gasteiger partial charge in [0, 0.05) is 23.7 Å². The Labute approximate surface area is 216 Å². The summed E-state index contributed by atoms with van der Waals surface area (Å²) in [6, 6.07) is 24.7. The highest BCUT2D eigenvalue weighted by Gasteiger charge is 2.51. The van der Waals surface area contributed by atoms with Crippen molar-refractivity contribution in [2.24, 2.45) is 7.05 Å². The largest absolute Gasteiger partial charge is 0.481 e. The summed E-state index contributed by atoms with van der Waals surface area (Å²) in [5.41, 5.74) is 5.84. The normalized spacial score (nSPS) is 14.9. The number of aliphatic carboxylic acids is 1. The average molecular weight is 500 g/mol. The summed E-state index contributed by atoms with van der Waals surface area (Å²) in [6.07, 6.45) is 5.30. The summed E-state index contributed by atoms with van der Waals surface area (Å²) in [5, 5.41) is 18.4. The Kier molecular flexibility index (Phi) is 6.59. The average Bonchev–Trinajstić information content (AvgIpc) is 3.63. The molecule has 0 aliphatic heterocycles. The Morgan fingerprint density at radius 2 is 1.58 bits per heavy atom. The summed E-state index contributed by atoms with van der Waals surface area (Å²) < 4.78 is 1.89. The van der Waals surface area contributed by atoms with E-state index in [2.05, 4.69) is 53.7 Å². The van der Waals surface area contributed by atoms with Gasteiger partial charge in [0.15, 0.2) is 0 Å². The number of nitrogens with zero attached hydrogens (tertiary/aromatic N) is 2. The van der Waals surface area contributed by atoms with E-state index >= 15 is 0 Å². The predicted molar refractivity (Wildman–Crippen MR) is 145 cm³/mol. The number of carboxylic acids is 1. The number of aromatic nitrogens is 2. The fourth-order valence-corrected chi connectivity index (χ4v) is 4.86. The maximum atomic E-state index is 11.6. The number of anilines is 1. The standard InChI is InChI=1S/C30H30ClN3O2/c1-20(3-4-21-5-15-26(31)16-6-21)33-28-27(19-32-34(28)2)24-9-7-22(8-10-24)23-11-13-25(14-12-23)30(17-18-30)29(35)36/h5-16,19-20,33H,3-4,17-18H2,1-2H3,(H,35,36). The minimum absolute atomic E-state index is 0.271. The molecule has 0 bridgehead atoms. The zero-order valence-electron chi connectivity index (χ0n) is 20.5. The SMILES string of the molecule is CC(CCc1ccc(Cl)cc1)Nc1c(-c2ccc(-c3ccc(C4(C(=O)O)CC4)cc3)cc2)cnn1C. The second-order valence-corrected chi connectivity index (χ2v) is 10.2. The lowest BCUT2D eigenvalue weighted by Crippen LogP contribution is -2.19. The number of rotatable bonds is 9. The van der Waals surface area contributed by atoms with Gasteiger partial charge in [-0.15, -0.1) is 0 Å². The molecule has 1 heterocycles. The van der Waals surface area contributed by atoms with Crippen LogP contribution in [0.4, 0.5) is 5.82 Å². The first-order valence-electron chi connectivity index (χ1n) is 12.3. The van der Waals surface area contributed by atoms with Gasteiger partial charge in [-0.25, -0.2) is 0 Å². The number of carbonyl (C=O) groups is 1. The van der Waals surface area contributed by atoms with E-state index in [0.717, 1.165) is 64.3 Å². The number of benzene rings is 3. The molecule has 0 amide bonds. The number of halogens is 1. The first-order valence-corrected chi connectivity index (χ1v) is 12.7. The van der Waals surface area contributed by atoms with Crippen molar-refractivity contribution in [2.75, 3.05) is 5.32 Å². The van der Waals surface area contributed by atoms with Crippen LogP contribution in [0, 0.1) is 0 Å². The smallest absolute Gasteiger partial charge is 0.314 e. The minimum Gasteiger partial charge on any atom is -0.481 e. The van der Waals surface area contributed by atoms with Gasteiger partial charge >= 0.3 is 5.97 Å². The second kappa shape index (κ2) is 9.82. The number of nitrogens with one attached hydrogen (secondary N) is 1. The van der Waals surface area contributed by atoms with Crippen molar-refractivity contribution in [1.29, 1.82) is 0 Å².